The van der Waals surface area contributed by atoms with Crippen LogP contribution in [0.4, 0.5) is 10.1 Å². The van der Waals surface area contributed by atoms with Crippen LogP contribution in [0.2, 0.25) is 0 Å². The molecule has 2 atom stereocenters. The van der Waals surface area contributed by atoms with E-state index in [1.807, 2.05) is 6.07 Å². The van der Waals surface area contributed by atoms with Gasteiger partial charge in [-0.3, -0.25) is 14.5 Å². The first-order chi connectivity index (χ1) is 19.5. The highest BCUT2D eigenvalue weighted by molar-refractivity contribution is 6.04. The predicted octanol–water partition coefficient (Wildman–Crippen LogP) is 5.21. The summed E-state index contributed by atoms with van der Waals surface area (Å²) in [5.41, 5.74) is 0.841. The number of amides is 2. The van der Waals surface area contributed by atoms with E-state index < -0.39 is 23.9 Å². The van der Waals surface area contributed by atoms with E-state index >= 15 is 0 Å². The van der Waals surface area contributed by atoms with Crippen LogP contribution < -0.4 is 29.2 Å². The number of hydrogen-bond acceptors (Lipinski definition) is 6. The van der Waals surface area contributed by atoms with Crippen LogP contribution in [0.15, 0.2) is 66.7 Å². The molecule has 3 aromatic rings. The van der Waals surface area contributed by atoms with E-state index in [1.165, 1.54) is 43.4 Å². The number of methoxy groups -OCH3 is 2. The second-order valence-corrected chi connectivity index (χ2v) is 9.91. The molecule has 1 N–H and O–H groups in total. The third-order valence-electron chi connectivity index (χ3n) is 7.31. The summed E-state index contributed by atoms with van der Waals surface area (Å²) < 4.78 is 36.8. The molecule has 1 fully saturated rings. The summed E-state index contributed by atoms with van der Waals surface area (Å²) in [5.74, 6) is 0.524. The molecule has 0 saturated heterocycles. The first-order valence-corrected chi connectivity index (χ1v) is 13.5. The average Bonchev–Trinajstić information content (AvgIpc) is 3.00. The zero-order valence-electron chi connectivity index (χ0n) is 22.6. The van der Waals surface area contributed by atoms with Gasteiger partial charge in [0.2, 0.25) is 12.0 Å². The number of para-hydroxylation sites is 2. The van der Waals surface area contributed by atoms with E-state index in [-0.39, 0.29) is 18.6 Å². The molecular formula is C31H33FN2O6. The van der Waals surface area contributed by atoms with Crippen LogP contribution >= 0.6 is 0 Å². The summed E-state index contributed by atoms with van der Waals surface area (Å²) in [4.78, 5) is 29.8. The summed E-state index contributed by atoms with van der Waals surface area (Å²) in [7, 11) is 3.01. The first-order valence-electron chi connectivity index (χ1n) is 13.5. The minimum Gasteiger partial charge on any atom is -0.493 e. The summed E-state index contributed by atoms with van der Waals surface area (Å²) in [6.07, 6.45) is 3.87. The molecule has 0 unspecified atom stereocenters. The van der Waals surface area contributed by atoms with Crippen molar-refractivity contribution >= 4 is 17.5 Å². The molecule has 1 aliphatic carbocycles. The van der Waals surface area contributed by atoms with Crippen LogP contribution in [0.1, 0.15) is 43.7 Å². The molecule has 1 aliphatic heterocycles. The minimum absolute atomic E-state index is 0.00676. The van der Waals surface area contributed by atoms with Crippen molar-refractivity contribution in [3.63, 3.8) is 0 Å². The molecule has 8 nitrogen and oxygen atoms in total. The summed E-state index contributed by atoms with van der Waals surface area (Å²) in [5, 5.41) is 3.15. The predicted molar refractivity (Wildman–Crippen MR) is 148 cm³/mol. The number of ether oxygens (including phenoxy) is 4. The number of nitrogens with one attached hydrogen (secondary N) is 1. The molecule has 1 heterocycles. The fourth-order valence-electron chi connectivity index (χ4n) is 5.26. The van der Waals surface area contributed by atoms with Crippen molar-refractivity contribution in [1.29, 1.82) is 0 Å². The van der Waals surface area contributed by atoms with Gasteiger partial charge in [-0.2, -0.15) is 0 Å². The lowest BCUT2D eigenvalue weighted by Gasteiger charge is -2.36. The van der Waals surface area contributed by atoms with Gasteiger partial charge in [0.05, 0.1) is 14.2 Å². The number of carbonyl (C=O) groups is 2. The van der Waals surface area contributed by atoms with Gasteiger partial charge in [0.25, 0.3) is 5.91 Å². The fraction of sp³-hybridized carbons (Fsp3) is 0.355. The van der Waals surface area contributed by atoms with Gasteiger partial charge in [0, 0.05) is 17.8 Å². The largest absolute Gasteiger partial charge is 0.493 e. The molecule has 1 saturated carbocycles. The van der Waals surface area contributed by atoms with E-state index in [4.69, 9.17) is 18.9 Å². The fourth-order valence-corrected chi connectivity index (χ4v) is 5.26. The third-order valence-corrected chi connectivity index (χ3v) is 7.31. The maximum atomic E-state index is 14.3. The van der Waals surface area contributed by atoms with Crippen molar-refractivity contribution in [1.82, 2.24) is 5.32 Å². The van der Waals surface area contributed by atoms with E-state index in [9.17, 15) is 14.0 Å². The molecule has 0 radical (unpaired) electrons. The Bertz CT molecular complexity index is 1340. The number of nitrogens with zero attached hydrogens (tertiary/aromatic N) is 1. The van der Waals surface area contributed by atoms with Gasteiger partial charge in [0.1, 0.15) is 18.5 Å². The van der Waals surface area contributed by atoms with E-state index in [1.54, 1.807) is 36.4 Å². The number of hydrogen-bond donors (Lipinski definition) is 1. The molecule has 0 spiro atoms. The second kappa shape index (κ2) is 12.3. The lowest BCUT2D eigenvalue weighted by molar-refractivity contribution is -0.132. The smallest absolute Gasteiger partial charge is 0.272 e. The maximum Gasteiger partial charge on any atom is 0.272 e. The van der Waals surface area contributed by atoms with E-state index in [0.29, 0.717) is 34.2 Å². The third kappa shape index (κ3) is 5.83. The number of benzene rings is 3. The molecule has 210 valence electrons. The second-order valence-electron chi connectivity index (χ2n) is 9.91. The molecule has 0 aromatic heterocycles. The number of carbonyl (C=O) groups excluding carboxylic acids is 2. The van der Waals surface area contributed by atoms with Crippen molar-refractivity contribution in [2.24, 2.45) is 0 Å². The molecule has 40 heavy (non-hydrogen) atoms. The quantitative estimate of drug-likeness (QED) is 0.416. The molecule has 2 amide bonds. The zero-order valence-corrected chi connectivity index (χ0v) is 22.6. The van der Waals surface area contributed by atoms with Crippen LogP contribution in [0.3, 0.4) is 0 Å². The number of halogens is 1. The Balaban J connectivity index is 1.58. The summed E-state index contributed by atoms with van der Waals surface area (Å²) in [6, 6.07) is 16.6. The first kappa shape index (κ1) is 27.3. The van der Waals surface area contributed by atoms with Crippen LogP contribution in [-0.4, -0.2) is 44.8 Å². The van der Waals surface area contributed by atoms with E-state index in [2.05, 4.69) is 5.32 Å². The topological polar surface area (TPSA) is 86.3 Å². The van der Waals surface area contributed by atoms with Crippen molar-refractivity contribution in [3.05, 3.63) is 78.1 Å². The Morgan fingerprint density at radius 3 is 2.33 bits per heavy atom. The average molecular weight is 549 g/mol. The van der Waals surface area contributed by atoms with Crippen LogP contribution in [0.25, 0.3) is 0 Å². The highest BCUT2D eigenvalue weighted by atomic mass is 19.1. The van der Waals surface area contributed by atoms with Gasteiger partial charge in [-0.15, -0.1) is 0 Å². The maximum absolute atomic E-state index is 14.3. The molecule has 9 heteroatoms. The van der Waals surface area contributed by atoms with Gasteiger partial charge in [0.15, 0.2) is 23.0 Å². The van der Waals surface area contributed by atoms with Crippen LogP contribution in [0.5, 0.6) is 23.0 Å². The van der Waals surface area contributed by atoms with Gasteiger partial charge in [-0.25, -0.2) is 4.39 Å². The highest BCUT2D eigenvalue weighted by Crippen LogP contribution is 2.38. The van der Waals surface area contributed by atoms with Crippen LogP contribution in [0, 0.1) is 5.82 Å². The van der Waals surface area contributed by atoms with Gasteiger partial charge >= 0.3 is 0 Å². The van der Waals surface area contributed by atoms with Crippen molar-refractivity contribution in [2.45, 2.75) is 50.3 Å². The highest BCUT2D eigenvalue weighted by Gasteiger charge is 2.40. The standard InChI is InChI=1S/C31H33FN2O6/c1-37-24-17-16-23(18-27(24)38-2)34(31(36)28-19-39-25-10-6-7-11-26(25)40-28)29(20-12-14-21(32)15-13-20)30(35)33-22-8-4-3-5-9-22/h6-7,10-18,22,28-29H,3-5,8-9,19H2,1-2H3,(H,33,35)/t28-,29+/m0/s1. The lowest BCUT2D eigenvalue weighted by Crippen LogP contribution is -2.52. The molecule has 3 aromatic carbocycles. The van der Waals surface area contributed by atoms with Gasteiger partial charge in [-0.05, 0) is 54.8 Å². The Labute approximate surface area is 233 Å². The Kier molecular flexibility index (Phi) is 8.38. The molecule has 5 rings (SSSR count). The van der Waals surface area contributed by atoms with Gasteiger partial charge < -0.3 is 24.3 Å². The van der Waals surface area contributed by atoms with E-state index in [0.717, 1.165) is 32.1 Å². The minimum atomic E-state index is -1.12. The lowest BCUT2D eigenvalue weighted by atomic mass is 9.94. The van der Waals surface area contributed by atoms with Crippen LogP contribution in [-0.2, 0) is 9.59 Å². The Hall–Kier alpha value is -4.27. The normalized spacial score (nSPS) is 17.4. The van der Waals surface area contributed by atoms with Crippen molar-refractivity contribution in [3.8, 4) is 23.0 Å². The molecule has 0 bridgehead atoms. The molecule has 2 aliphatic rings. The SMILES string of the molecule is COc1ccc(N(C(=O)[C@@H]2COc3ccccc3O2)[C@@H](C(=O)NC2CCCCC2)c2ccc(F)cc2)cc1OC. The Morgan fingerprint density at radius 1 is 0.925 bits per heavy atom. The molecular weight excluding hydrogens is 515 g/mol. The zero-order chi connectivity index (χ0) is 28.1. The monoisotopic (exact) mass is 548 g/mol. The number of anilines is 1. The number of rotatable bonds is 8. The van der Waals surface area contributed by atoms with Crippen molar-refractivity contribution in [2.75, 3.05) is 25.7 Å². The number of fused-ring (bicyclic) bond motifs is 1. The van der Waals surface area contributed by atoms with Gasteiger partial charge in [-0.1, -0.05) is 43.5 Å². The summed E-state index contributed by atoms with van der Waals surface area (Å²) in [6.45, 7) is -0.0416. The van der Waals surface area contributed by atoms with Crippen molar-refractivity contribution < 1.29 is 32.9 Å². The summed E-state index contributed by atoms with van der Waals surface area (Å²) >= 11 is 0. The Morgan fingerprint density at radius 2 is 1.62 bits per heavy atom.